The van der Waals surface area contributed by atoms with E-state index in [-0.39, 0.29) is 0 Å². The van der Waals surface area contributed by atoms with E-state index in [2.05, 4.69) is 4.90 Å². The molecule has 0 unspecified atom stereocenters. The summed E-state index contributed by atoms with van der Waals surface area (Å²) in [5.74, 6) is -0.474. The van der Waals surface area contributed by atoms with E-state index in [9.17, 15) is 4.79 Å². The Morgan fingerprint density at radius 3 is 2.42 bits per heavy atom. The third kappa shape index (κ3) is 1.41. The minimum Gasteiger partial charge on any atom is -0.368 e. The van der Waals surface area contributed by atoms with E-state index in [0.29, 0.717) is 12.8 Å². The maximum Gasteiger partial charge on any atom is 0.238 e. The van der Waals surface area contributed by atoms with Crippen LogP contribution in [0.25, 0.3) is 0 Å². The average Bonchev–Trinajstić information content (AvgIpc) is 2.06. The fraction of sp³-hybridized carbons (Fsp3) is 0.750. The van der Waals surface area contributed by atoms with E-state index in [1.54, 1.807) is 0 Å². The molecule has 1 amide bonds. The van der Waals surface area contributed by atoms with Gasteiger partial charge in [-0.15, -0.1) is 0 Å². The van der Waals surface area contributed by atoms with Gasteiger partial charge in [0.2, 0.25) is 5.91 Å². The first kappa shape index (κ1) is 9.01. The lowest BCUT2D eigenvalue weighted by Crippen LogP contribution is -2.45. The molecular formula is C8H13N3O. The molecule has 0 aromatic heterocycles. The second kappa shape index (κ2) is 3.11. The SMILES string of the molecule is CN1CCC(C#N)(C(N)=O)CC1. The molecule has 0 aliphatic carbocycles. The summed E-state index contributed by atoms with van der Waals surface area (Å²) in [4.78, 5) is 13.1. The normalized spacial score (nSPS) is 23.0. The highest BCUT2D eigenvalue weighted by molar-refractivity contribution is 5.83. The van der Waals surface area contributed by atoms with E-state index in [1.807, 2.05) is 13.1 Å². The zero-order valence-electron chi connectivity index (χ0n) is 7.21. The van der Waals surface area contributed by atoms with Gasteiger partial charge < -0.3 is 10.6 Å². The number of primary amides is 1. The Labute approximate surface area is 71.9 Å². The molecule has 1 aliphatic rings. The molecule has 2 N–H and O–H groups in total. The number of likely N-dealkylation sites (tertiary alicyclic amines) is 1. The third-order valence-corrected chi connectivity index (χ3v) is 2.53. The Kier molecular flexibility index (Phi) is 2.34. The third-order valence-electron chi connectivity index (χ3n) is 2.53. The van der Waals surface area contributed by atoms with Crippen LogP contribution in [0.1, 0.15) is 12.8 Å². The van der Waals surface area contributed by atoms with Crippen molar-refractivity contribution < 1.29 is 4.79 Å². The van der Waals surface area contributed by atoms with E-state index in [0.717, 1.165) is 13.1 Å². The number of piperidine rings is 1. The van der Waals surface area contributed by atoms with Gasteiger partial charge >= 0.3 is 0 Å². The van der Waals surface area contributed by atoms with Crippen molar-refractivity contribution in [2.45, 2.75) is 12.8 Å². The van der Waals surface area contributed by atoms with Crippen molar-refractivity contribution in [1.29, 1.82) is 5.26 Å². The van der Waals surface area contributed by atoms with Crippen LogP contribution < -0.4 is 5.73 Å². The number of rotatable bonds is 1. The number of carbonyl (C=O) groups excluding carboxylic acids is 1. The van der Waals surface area contributed by atoms with E-state index in [4.69, 9.17) is 11.0 Å². The van der Waals surface area contributed by atoms with Crippen molar-refractivity contribution in [3.05, 3.63) is 0 Å². The smallest absolute Gasteiger partial charge is 0.238 e. The number of amides is 1. The first-order chi connectivity index (χ1) is 5.60. The van der Waals surface area contributed by atoms with Gasteiger partial charge in [0.05, 0.1) is 6.07 Å². The highest BCUT2D eigenvalue weighted by Crippen LogP contribution is 2.29. The summed E-state index contributed by atoms with van der Waals surface area (Å²) in [5, 5.41) is 8.83. The van der Waals surface area contributed by atoms with Gasteiger partial charge in [-0.05, 0) is 33.0 Å². The van der Waals surface area contributed by atoms with Crippen molar-refractivity contribution in [2.24, 2.45) is 11.1 Å². The summed E-state index contributed by atoms with van der Waals surface area (Å²) in [6.07, 6.45) is 1.13. The maximum absolute atomic E-state index is 11.0. The van der Waals surface area contributed by atoms with Gasteiger partial charge in [-0.3, -0.25) is 4.79 Å². The molecule has 0 radical (unpaired) electrons. The molecule has 0 bridgehead atoms. The summed E-state index contributed by atoms with van der Waals surface area (Å²) in [7, 11) is 1.97. The van der Waals surface area contributed by atoms with Crippen LogP contribution in [0.4, 0.5) is 0 Å². The minimum atomic E-state index is -0.896. The molecule has 0 atom stereocenters. The van der Waals surface area contributed by atoms with Crippen LogP contribution in [0.15, 0.2) is 0 Å². The first-order valence-corrected chi connectivity index (χ1v) is 4.00. The monoisotopic (exact) mass is 167 g/mol. The van der Waals surface area contributed by atoms with Crippen molar-refractivity contribution >= 4 is 5.91 Å². The second-order valence-electron chi connectivity index (χ2n) is 3.36. The number of hydrogen-bond acceptors (Lipinski definition) is 3. The van der Waals surface area contributed by atoms with E-state index >= 15 is 0 Å². The highest BCUT2D eigenvalue weighted by Gasteiger charge is 2.39. The van der Waals surface area contributed by atoms with Gasteiger partial charge in [0.25, 0.3) is 0 Å². The largest absolute Gasteiger partial charge is 0.368 e. The van der Waals surface area contributed by atoms with Crippen molar-refractivity contribution in [3.8, 4) is 6.07 Å². The molecule has 1 saturated heterocycles. The standard InChI is InChI=1S/C8H13N3O/c1-11-4-2-8(6-9,3-5-11)7(10)12/h2-5H2,1H3,(H2,10,12). The molecule has 0 aromatic rings. The van der Waals surface area contributed by atoms with Crippen LogP contribution in [-0.2, 0) is 4.79 Å². The average molecular weight is 167 g/mol. The molecule has 1 fully saturated rings. The molecule has 66 valence electrons. The number of nitrogens with two attached hydrogens (primary N) is 1. The van der Waals surface area contributed by atoms with Crippen LogP contribution in [0.2, 0.25) is 0 Å². The van der Waals surface area contributed by atoms with Crippen molar-refractivity contribution in [1.82, 2.24) is 4.90 Å². The zero-order valence-corrected chi connectivity index (χ0v) is 7.21. The van der Waals surface area contributed by atoms with Gasteiger partial charge in [-0.2, -0.15) is 5.26 Å². The molecule has 0 aromatic carbocycles. The highest BCUT2D eigenvalue weighted by atomic mass is 16.1. The summed E-state index contributed by atoms with van der Waals surface area (Å²) in [5.41, 5.74) is 4.28. The lowest BCUT2D eigenvalue weighted by atomic mass is 9.79. The summed E-state index contributed by atoms with van der Waals surface area (Å²) >= 11 is 0. The predicted octanol–water partition coefficient (Wildman–Crippen LogP) is -0.293. The van der Waals surface area contributed by atoms with Crippen LogP contribution >= 0.6 is 0 Å². The van der Waals surface area contributed by atoms with Crippen LogP contribution in [0.3, 0.4) is 0 Å². The molecule has 1 rings (SSSR count). The predicted molar refractivity (Wildman–Crippen MR) is 44.0 cm³/mol. The topological polar surface area (TPSA) is 70.1 Å². The molecule has 0 spiro atoms. The molecule has 1 aliphatic heterocycles. The lowest BCUT2D eigenvalue weighted by molar-refractivity contribution is -0.126. The van der Waals surface area contributed by atoms with Crippen LogP contribution in [0, 0.1) is 16.7 Å². The van der Waals surface area contributed by atoms with Crippen LogP contribution in [-0.4, -0.2) is 30.9 Å². The number of carbonyl (C=O) groups is 1. The summed E-state index contributed by atoms with van der Waals surface area (Å²) in [6.45, 7) is 1.55. The number of nitrogens with zero attached hydrogens (tertiary/aromatic N) is 2. The molecule has 4 heteroatoms. The summed E-state index contributed by atoms with van der Waals surface area (Å²) in [6, 6.07) is 2.04. The van der Waals surface area contributed by atoms with Gasteiger partial charge in [0.15, 0.2) is 0 Å². The van der Waals surface area contributed by atoms with Crippen LogP contribution in [0.5, 0.6) is 0 Å². The Morgan fingerprint density at radius 1 is 1.58 bits per heavy atom. The zero-order chi connectivity index (χ0) is 9.19. The molecule has 1 heterocycles. The quantitative estimate of drug-likeness (QED) is 0.583. The maximum atomic E-state index is 11.0. The second-order valence-corrected chi connectivity index (χ2v) is 3.36. The lowest BCUT2D eigenvalue weighted by Gasteiger charge is -2.32. The fourth-order valence-electron chi connectivity index (χ4n) is 1.41. The Balaban J connectivity index is 2.72. The molecule has 4 nitrogen and oxygen atoms in total. The van der Waals surface area contributed by atoms with E-state index in [1.165, 1.54) is 0 Å². The molecular weight excluding hydrogens is 154 g/mol. The first-order valence-electron chi connectivity index (χ1n) is 4.00. The Morgan fingerprint density at radius 2 is 2.08 bits per heavy atom. The molecule has 0 saturated carbocycles. The van der Waals surface area contributed by atoms with Crippen molar-refractivity contribution in [3.63, 3.8) is 0 Å². The van der Waals surface area contributed by atoms with Crippen molar-refractivity contribution in [2.75, 3.05) is 20.1 Å². The van der Waals surface area contributed by atoms with Gasteiger partial charge in [0, 0.05) is 0 Å². The Hall–Kier alpha value is -1.08. The minimum absolute atomic E-state index is 0.474. The van der Waals surface area contributed by atoms with Gasteiger partial charge in [0.1, 0.15) is 5.41 Å². The van der Waals surface area contributed by atoms with E-state index < -0.39 is 11.3 Å². The fourth-order valence-corrected chi connectivity index (χ4v) is 1.41. The van der Waals surface area contributed by atoms with Gasteiger partial charge in [-0.1, -0.05) is 0 Å². The van der Waals surface area contributed by atoms with Gasteiger partial charge in [-0.25, -0.2) is 0 Å². The number of nitriles is 1. The Bertz CT molecular complexity index is 223. The summed E-state index contributed by atoms with van der Waals surface area (Å²) < 4.78 is 0. The molecule has 12 heavy (non-hydrogen) atoms. The number of hydrogen-bond donors (Lipinski definition) is 1.